The quantitative estimate of drug-likeness (QED) is 0.480. The van der Waals surface area contributed by atoms with Gasteiger partial charge in [-0.05, 0) is 24.5 Å². The maximum absolute atomic E-state index is 11.7. The first-order valence-corrected chi connectivity index (χ1v) is 4.71. The molecule has 76 valence electrons. The Morgan fingerprint density at radius 2 is 2.21 bits per heavy atom. The average Bonchev–Trinajstić information content (AvgIpc) is 2.54. The fourth-order valence-corrected chi connectivity index (χ4v) is 2.03. The fourth-order valence-electron chi connectivity index (χ4n) is 2.03. The molecule has 1 aliphatic carbocycles. The summed E-state index contributed by atoms with van der Waals surface area (Å²) in [6.07, 6.45) is 2.98. The molecule has 1 atom stereocenters. The van der Waals surface area contributed by atoms with Gasteiger partial charge in [0, 0.05) is 6.42 Å². The van der Waals surface area contributed by atoms with E-state index in [1.165, 1.54) is 6.08 Å². The average molecular weight is 196 g/mol. The number of aliphatic hydroxyl groups excluding tert-OH is 1. The van der Waals surface area contributed by atoms with Crippen LogP contribution in [0.25, 0.3) is 0 Å². The lowest BCUT2D eigenvalue weighted by Crippen LogP contribution is -2.37. The number of carbonyl (C=O) groups is 2. The zero-order valence-corrected chi connectivity index (χ0v) is 7.78. The number of allylic oxidation sites excluding steroid dienone is 1. The Balaban J connectivity index is 2.29. The number of cyclic esters (lactones) is 1. The SMILES string of the molecule is O=C1C=C(CO)CC[C@@]12CCOC2=O. The first kappa shape index (κ1) is 9.40. The van der Waals surface area contributed by atoms with Crippen LogP contribution in [-0.4, -0.2) is 30.1 Å². The van der Waals surface area contributed by atoms with Gasteiger partial charge >= 0.3 is 5.97 Å². The van der Waals surface area contributed by atoms with Gasteiger partial charge in [-0.3, -0.25) is 9.59 Å². The van der Waals surface area contributed by atoms with E-state index in [0.717, 1.165) is 0 Å². The van der Waals surface area contributed by atoms with Gasteiger partial charge in [-0.25, -0.2) is 0 Å². The van der Waals surface area contributed by atoms with Gasteiger partial charge in [-0.2, -0.15) is 0 Å². The largest absolute Gasteiger partial charge is 0.465 e. The van der Waals surface area contributed by atoms with Gasteiger partial charge in [-0.1, -0.05) is 0 Å². The highest BCUT2D eigenvalue weighted by molar-refractivity contribution is 6.11. The maximum Gasteiger partial charge on any atom is 0.320 e. The van der Waals surface area contributed by atoms with Crippen LogP contribution in [0.15, 0.2) is 11.6 Å². The highest BCUT2D eigenvalue weighted by atomic mass is 16.5. The number of esters is 1. The third-order valence-electron chi connectivity index (χ3n) is 3.04. The Labute approximate surface area is 81.6 Å². The highest BCUT2D eigenvalue weighted by Crippen LogP contribution is 2.40. The Kier molecular flexibility index (Phi) is 2.15. The summed E-state index contributed by atoms with van der Waals surface area (Å²) in [5, 5.41) is 8.87. The van der Waals surface area contributed by atoms with Crippen molar-refractivity contribution in [2.45, 2.75) is 19.3 Å². The van der Waals surface area contributed by atoms with E-state index in [1.807, 2.05) is 0 Å². The van der Waals surface area contributed by atoms with Crippen molar-refractivity contribution in [3.63, 3.8) is 0 Å². The molecule has 0 aromatic rings. The molecule has 1 aliphatic heterocycles. The van der Waals surface area contributed by atoms with Crippen LogP contribution in [-0.2, 0) is 14.3 Å². The Bertz CT molecular complexity index is 318. The number of aliphatic hydroxyl groups is 1. The summed E-state index contributed by atoms with van der Waals surface area (Å²) in [5.74, 6) is -0.592. The molecular weight excluding hydrogens is 184 g/mol. The molecule has 2 rings (SSSR count). The van der Waals surface area contributed by atoms with E-state index in [4.69, 9.17) is 9.84 Å². The van der Waals surface area contributed by atoms with Crippen molar-refractivity contribution in [1.82, 2.24) is 0 Å². The lowest BCUT2D eigenvalue weighted by molar-refractivity contribution is -0.150. The lowest BCUT2D eigenvalue weighted by atomic mass is 9.73. The van der Waals surface area contributed by atoms with Crippen molar-refractivity contribution in [2.75, 3.05) is 13.2 Å². The summed E-state index contributed by atoms with van der Waals surface area (Å²) in [6.45, 7) is 0.240. The van der Waals surface area contributed by atoms with Crippen molar-refractivity contribution >= 4 is 11.8 Å². The molecule has 0 aromatic carbocycles. The molecule has 14 heavy (non-hydrogen) atoms. The second kappa shape index (κ2) is 3.20. The first-order valence-electron chi connectivity index (χ1n) is 4.71. The Morgan fingerprint density at radius 1 is 1.43 bits per heavy atom. The van der Waals surface area contributed by atoms with E-state index in [1.54, 1.807) is 0 Å². The van der Waals surface area contributed by atoms with Gasteiger partial charge in [0.05, 0.1) is 13.2 Å². The summed E-state index contributed by atoms with van der Waals surface area (Å²) in [6, 6.07) is 0. The molecule has 1 saturated heterocycles. The van der Waals surface area contributed by atoms with Gasteiger partial charge in [0.1, 0.15) is 5.41 Å². The van der Waals surface area contributed by atoms with Crippen LogP contribution < -0.4 is 0 Å². The number of ether oxygens (including phenoxy) is 1. The van der Waals surface area contributed by atoms with E-state index < -0.39 is 11.4 Å². The molecular formula is C10H12O4. The van der Waals surface area contributed by atoms with Crippen LogP contribution in [0.1, 0.15) is 19.3 Å². The number of rotatable bonds is 1. The molecule has 0 bridgehead atoms. The standard InChI is InChI=1S/C10H12O4/c11-6-7-1-2-10(8(12)5-7)3-4-14-9(10)13/h5,11H,1-4,6H2/t10-/m1/s1. The van der Waals surface area contributed by atoms with E-state index >= 15 is 0 Å². The van der Waals surface area contributed by atoms with Crippen molar-refractivity contribution in [1.29, 1.82) is 0 Å². The molecule has 0 unspecified atom stereocenters. The van der Waals surface area contributed by atoms with E-state index in [0.29, 0.717) is 31.4 Å². The number of ketones is 1. The van der Waals surface area contributed by atoms with E-state index in [9.17, 15) is 9.59 Å². The normalized spacial score (nSPS) is 31.9. The molecule has 1 spiro atoms. The monoisotopic (exact) mass is 196 g/mol. The topological polar surface area (TPSA) is 63.6 Å². The molecule has 1 heterocycles. The third-order valence-corrected chi connectivity index (χ3v) is 3.04. The second-order valence-corrected chi connectivity index (χ2v) is 3.79. The summed E-state index contributed by atoms with van der Waals surface area (Å²) in [4.78, 5) is 23.1. The molecule has 1 fully saturated rings. The van der Waals surface area contributed by atoms with Crippen LogP contribution in [0.3, 0.4) is 0 Å². The van der Waals surface area contributed by atoms with Crippen molar-refractivity contribution in [3.8, 4) is 0 Å². The van der Waals surface area contributed by atoms with Crippen molar-refractivity contribution in [3.05, 3.63) is 11.6 Å². The summed E-state index contributed by atoms with van der Waals surface area (Å²) < 4.78 is 4.83. The number of carbonyl (C=O) groups excluding carboxylic acids is 2. The Hall–Kier alpha value is -1.16. The molecule has 0 amide bonds. The van der Waals surface area contributed by atoms with Crippen molar-refractivity contribution in [2.24, 2.45) is 5.41 Å². The van der Waals surface area contributed by atoms with Crippen LogP contribution in [0, 0.1) is 5.41 Å². The highest BCUT2D eigenvalue weighted by Gasteiger charge is 2.50. The lowest BCUT2D eigenvalue weighted by Gasteiger charge is -2.26. The molecule has 1 N–H and O–H groups in total. The maximum atomic E-state index is 11.7. The number of hydrogen-bond donors (Lipinski definition) is 1. The van der Waals surface area contributed by atoms with Gasteiger partial charge in [0.15, 0.2) is 5.78 Å². The van der Waals surface area contributed by atoms with Crippen molar-refractivity contribution < 1.29 is 19.4 Å². The summed E-state index contributed by atoms with van der Waals surface area (Å²) in [5.41, 5.74) is -0.209. The molecule has 0 saturated carbocycles. The molecule has 4 heteroatoms. The second-order valence-electron chi connectivity index (χ2n) is 3.79. The predicted octanol–water partition coefficient (Wildman–Crippen LogP) is 0.201. The van der Waals surface area contributed by atoms with E-state index in [-0.39, 0.29) is 12.4 Å². The van der Waals surface area contributed by atoms with Gasteiger partial charge in [0.25, 0.3) is 0 Å². The van der Waals surface area contributed by atoms with E-state index in [2.05, 4.69) is 0 Å². The van der Waals surface area contributed by atoms with Crippen LogP contribution >= 0.6 is 0 Å². The molecule has 0 radical (unpaired) electrons. The molecule has 4 nitrogen and oxygen atoms in total. The minimum atomic E-state index is -0.918. The molecule has 2 aliphatic rings. The van der Waals surface area contributed by atoms with Crippen LogP contribution in [0.4, 0.5) is 0 Å². The number of hydrogen-bond acceptors (Lipinski definition) is 4. The fraction of sp³-hybridized carbons (Fsp3) is 0.600. The summed E-state index contributed by atoms with van der Waals surface area (Å²) in [7, 11) is 0. The van der Waals surface area contributed by atoms with Gasteiger partial charge in [-0.15, -0.1) is 0 Å². The Morgan fingerprint density at radius 3 is 2.71 bits per heavy atom. The third kappa shape index (κ3) is 1.18. The van der Waals surface area contributed by atoms with Crippen LogP contribution in [0.5, 0.6) is 0 Å². The molecule has 0 aromatic heterocycles. The van der Waals surface area contributed by atoms with Gasteiger partial charge in [0.2, 0.25) is 0 Å². The van der Waals surface area contributed by atoms with Crippen LogP contribution in [0.2, 0.25) is 0 Å². The minimum absolute atomic E-state index is 0.100. The minimum Gasteiger partial charge on any atom is -0.465 e. The smallest absolute Gasteiger partial charge is 0.320 e. The van der Waals surface area contributed by atoms with Gasteiger partial charge < -0.3 is 9.84 Å². The zero-order chi connectivity index (χ0) is 10.2. The first-order chi connectivity index (χ1) is 6.69. The summed E-state index contributed by atoms with van der Waals surface area (Å²) >= 11 is 0. The zero-order valence-electron chi connectivity index (χ0n) is 7.78. The predicted molar refractivity (Wildman–Crippen MR) is 47.4 cm³/mol.